The summed E-state index contributed by atoms with van der Waals surface area (Å²) in [6.07, 6.45) is 2.15. The van der Waals surface area contributed by atoms with E-state index >= 15 is 0 Å². The molecule has 0 radical (unpaired) electrons. The van der Waals surface area contributed by atoms with Gasteiger partial charge < -0.3 is 0 Å². The maximum absolute atomic E-state index is 12.2. The molecular weight excluding hydrogens is 222 g/mol. The van der Waals surface area contributed by atoms with Gasteiger partial charge in [-0.25, -0.2) is 0 Å². The number of hydrogen-bond donors (Lipinski definition) is 0. The van der Waals surface area contributed by atoms with Crippen LogP contribution in [0.25, 0.3) is 0 Å². The number of Topliss-reactive ketones (excluding diaryl/α,β-unsaturated/α-hetero) is 1. The van der Waals surface area contributed by atoms with Crippen LogP contribution >= 0.6 is 0 Å². The van der Waals surface area contributed by atoms with Gasteiger partial charge >= 0.3 is 0 Å². The molecule has 2 rings (SSSR count). The minimum atomic E-state index is 0.129. The third-order valence-corrected chi connectivity index (χ3v) is 3.24. The highest BCUT2D eigenvalue weighted by Gasteiger charge is 2.10. The van der Waals surface area contributed by atoms with Gasteiger partial charge in [-0.15, -0.1) is 0 Å². The van der Waals surface area contributed by atoms with E-state index in [0.717, 1.165) is 16.8 Å². The minimum absolute atomic E-state index is 0.129. The highest BCUT2D eigenvalue weighted by atomic mass is 16.1. The molecule has 2 heteroatoms. The van der Waals surface area contributed by atoms with Gasteiger partial charge in [-0.1, -0.05) is 18.2 Å². The van der Waals surface area contributed by atoms with Crippen molar-refractivity contribution in [3.63, 3.8) is 0 Å². The molecule has 0 unspecified atom stereocenters. The second-order valence-electron chi connectivity index (χ2n) is 4.65. The topological polar surface area (TPSA) is 30.0 Å². The lowest BCUT2D eigenvalue weighted by atomic mass is 9.99. The Kier molecular flexibility index (Phi) is 3.56. The number of carbonyl (C=O) groups excluding carboxylic acids is 1. The normalized spacial score (nSPS) is 10.4. The fourth-order valence-electron chi connectivity index (χ4n) is 1.97. The van der Waals surface area contributed by atoms with Crippen LogP contribution in [0.2, 0.25) is 0 Å². The van der Waals surface area contributed by atoms with Crippen LogP contribution in [0.4, 0.5) is 0 Å². The van der Waals surface area contributed by atoms with Crippen LogP contribution in [-0.4, -0.2) is 10.8 Å². The molecule has 0 spiro atoms. The molecule has 0 saturated heterocycles. The van der Waals surface area contributed by atoms with Gasteiger partial charge in [0.25, 0.3) is 0 Å². The largest absolute Gasteiger partial charge is 0.294 e. The van der Waals surface area contributed by atoms with Crippen LogP contribution in [0, 0.1) is 20.8 Å². The summed E-state index contributed by atoms with van der Waals surface area (Å²) in [5.41, 5.74) is 5.06. The molecule has 0 bridgehead atoms. The van der Waals surface area contributed by atoms with Crippen LogP contribution in [0.1, 0.15) is 32.7 Å². The molecule has 0 fully saturated rings. The summed E-state index contributed by atoms with van der Waals surface area (Å²) in [7, 11) is 0. The van der Waals surface area contributed by atoms with Crippen molar-refractivity contribution in [3.8, 4) is 0 Å². The van der Waals surface area contributed by atoms with E-state index in [2.05, 4.69) is 31.0 Å². The van der Waals surface area contributed by atoms with E-state index in [0.29, 0.717) is 6.42 Å². The van der Waals surface area contributed by atoms with E-state index in [9.17, 15) is 4.79 Å². The Labute approximate surface area is 108 Å². The van der Waals surface area contributed by atoms with Crippen molar-refractivity contribution in [1.29, 1.82) is 0 Å². The van der Waals surface area contributed by atoms with Crippen LogP contribution in [-0.2, 0) is 6.42 Å². The molecule has 0 N–H and O–H groups in total. The average molecular weight is 239 g/mol. The lowest BCUT2D eigenvalue weighted by Gasteiger charge is -2.06. The van der Waals surface area contributed by atoms with Crippen molar-refractivity contribution in [3.05, 3.63) is 64.5 Å². The fraction of sp³-hybridized carbons (Fsp3) is 0.250. The average Bonchev–Trinajstić information content (AvgIpc) is 2.34. The number of pyridine rings is 1. The fourth-order valence-corrected chi connectivity index (χ4v) is 1.97. The van der Waals surface area contributed by atoms with E-state index in [1.807, 2.05) is 19.1 Å². The van der Waals surface area contributed by atoms with Gasteiger partial charge in [0.1, 0.15) is 0 Å². The van der Waals surface area contributed by atoms with Crippen LogP contribution in [0.3, 0.4) is 0 Å². The molecule has 0 saturated carbocycles. The summed E-state index contributed by atoms with van der Waals surface area (Å²) in [5.74, 6) is 0.129. The number of hydrogen-bond acceptors (Lipinski definition) is 2. The highest BCUT2D eigenvalue weighted by Crippen LogP contribution is 2.13. The minimum Gasteiger partial charge on any atom is -0.294 e. The first-order chi connectivity index (χ1) is 8.58. The van der Waals surface area contributed by atoms with Gasteiger partial charge in [-0.2, -0.15) is 0 Å². The molecule has 2 aromatic rings. The summed E-state index contributed by atoms with van der Waals surface area (Å²) < 4.78 is 0. The second kappa shape index (κ2) is 5.13. The number of aryl methyl sites for hydroxylation is 3. The number of aromatic nitrogens is 1. The quantitative estimate of drug-likeness (QED) is 0.768. The standard InChI is InChI=1S/C16H17NO/c1-11-6-7-14(9-12(11)2)10-16(18)15-5-4-8-17-13(15)3/h4-9H,10H2,1-3H3. The molecule has 0 aliphatic rings. The van der Waals surface area contributed by atoms with E-state index in [-0.39, 0.29) is 5.78 Å². The molecule has 0 amide bonds. The van der Waals surface area contributed by atoms with Crippen molar-refractivity contribution < 1.29 is 4.79 Å². The second-order valence-corrected chi connectivity index (χ2v) is 4.65. The lowest BCUT2D eigenvalue weighted by Crippen LogP contribution is -2.06. The Morgan fingerprint density at radius 1 is 1.11 bits per heavy atom. The van der Waals surface area contributed by atoms with Gasteiger partial charge in [0.15, 0.2) is 5.78 Å². The first-order valence-corrected chi connectivity index (χ1v) is 6.09. The molecule has 18 heavy (non-hydrogen) atoms. The summed E-state index contributed by atoms with van der Waals surface area (Å²) in [6.45, 7) is 6.01. The van der Waals surface area contributed by atoms with Gasteiger partial charge in [-0.3, -0.25) is 9.78 Å². The molecule has 92 valence electrons. The van der Waals surface area contributed by atoms with Crippen molar-refractivity contribution in [1.82, 2.24) is 4.98 Å². The molecule has 1 aromatic heterocycles. The van der Waals surface area contributed by atoms with Crippen molar-refractivity contribution in [2.24, 2.45) is 0 Å². The van der Waals surface area contributed by atoms with Gasteiger partial charge in [-0.05, 0) is 49.6 Å². The van der Waals surface area contributed by atoms with E-state index in [4.69, 9.17) is 0 Å². The third kappa shape index (κ3) is 2.65. The number of ketones is 1. The number of rotatable bonds is 3. The molecule has 0 atom stereocenters. The lowest BCUT2D eigenvalue weighted by molar-refractivity contribution is 0.0992. The maximum atomic E-state index is 12.2. The zero-order valence-corrected chi connectivity index (χ0v) is 11.0. The molecule has 0 aliphatic heterocycles. The molecule has 0 aliphatic carbocycles. The summed E-state index contributed by atoms with van der Waals surface area (Å²) in [6, 6.07) is 9.81. The maximum Gasteiger partial charge on any atom is 0.169 e. The summed E-state index contributed by atoms with van der Waals surface area (Å²) in [5, 5.41) is 0. The Hall–Kier alpha value is -1.96. The third-order valence-electron chi connectivity index (χ3n) is 3.24. The highest BCUT2D eigenvalue weighted by molar-refractivity contribution is 5.98. The van der Waals surface area contributed by atoms with Crippen molar-refractivity contribution in [2.45, 2.75) is 27.2 Å². The molecule has 1 heterocycles. The number of nitrogens with zero attached hydrogens (tertiary/aromatic N) is 1. The van der Waals surface area contributed by atoms with Gasteiger partial charge in [0, 0.05) is 23.9 Å². The Morgan fingerprint density at radius 3 is 2.56 bits per heavy atom. The van der Waals surface area contributed by atoms with Gasteiger partial charge in [0.2, 0.25) is 0 Å². The molecule has 1 aromatic carbocycles. The number of benzene rings is 1. The monoisotopic (exact) mass is 239 g/mol. The van der Waals surface area contributed by atoms with Crippen LogP contribution < -0.4 is 0 Å². The predicted molar refractivity (Wildman–Crippen MR) is 72.9 cm³/mol. The Balaban J connectivity index is 2.22. The smallest absolute Gasteiger partial charge is 0.169 e. The van der Waals surface area contributed by atoms with Crippen LogP contribution in [0.15, 0.2) is 36.5 Å². The van der Waals surface area contributed by atoms with Gasteiger partial charge in [0.05, 0.1) is 0 Å². The Morgan fingerprint density at radius 2 is 1.89 bits per heavy atom. The molecular formula is C16H17NO. The summed E-state index contributed by atoms with van der Waals surface area (Å²) >= 11 is 0. The van der Waals surface area contributed by atoms with Crippen LogP contribution in [0.5, 0.6) is 0 Å². The van der Waals surface area contributed by atoms with Crippen molar-refractivity contribution >= 4 is 5.78 Å². The number of carbonyl (C=O) groups is 1. The first kappa shape index (κ1) is 12.5. The van der Waals surface area contributed by atoms with E-state index in [1.54, 1.807) is 12.3 Å². The van der Waals surface area contributed by atoms with E-state index in [1.165, 1.54) is 11.1 Å². The Bertz CT molecular complexity index is 587. The predicted octanol–water partition coefficient (Wildman–Crippen LogP) is 3.43. The zero-order chi connectivity index (χ0) is 13.1. The van der Waals surface area contributed by atoms with E-state index < -0.39 is 0 Å². The zero-order valence-electron chi connectivity index (χ0n) is 11.0. The SMILES string of the molecule is Cc1ccc(CC(=O)c2cccnc2C)cc1C. The molecule has 2 nitrogen and oxygen atoms in total. The summed E-state index contributed by atoms with van der Waals surface area (Å²) in [4.78, 5) is 16.3. The first-order valence-electron chi connectivity index (χ1n) is 6.09. The van der Waals surface area contributed by atoms with Crippen molar-refractivity contribution in [2.75, 3.05) is 0 Å².